The Morgan fingerprint density at radius 2 is 1.85 bits per heavy atom. The Labute approximate surface area is 149 Å². The predicted octanol–water partition coefficient (Wildman–Crippen LogP) is 3.44. The molecular weight excluding hydrogens is 341 g/mol. The summed E-state index contributed by atoms with van der Waals surface area (Å²) in [7, 11) is 3.13. The zero-order valence-electron chi connectivity index (χ0n) is 14.2. The van der Waals surface area contributed by atoms with Crippen molar-refractivity contribution in [3.63, 3.8) is 0 Å². The third-order valence-corrected chi connectivity index (χ3v) is 3.44. The van der Waals surface area contributed by atoms with E-state index in [1.807, 2.05) is 6.07 Å². The number of halogens is 1. The molecule has 0 fully saturated rings. The third kappa shape index (κ3) is 4.15. The molecule has 0 atom stereocenters. The highest BCUT2D eigenvalue weighted by Gasteiger charge is 2.09. The van der Waals surface area contributed by atoms with Gasteiger partial charge in [-0.15, -0.1) is 0 Å². The zero-order chi connectivity index (χ0) is 18.4. The SMILES string of the molecule is COc1ccc(/C=N\OCc2nc(-c3ccc(F)cc3)no2)cc1OC. The van der Waals surface area contributed by atoms with E-state index in [9.17, 15) is 4.39 Å². The normalized spacial score (nSPS) is 10.9. The van der Waals surface area contributed by atoms with Crippen LogP contribution in [0.5, 0.6) is 11.5 Å². The minimum atomic E-state index is -0.328. The van der Waals surface area contributed by atoms with Gasteiger partial charge in [-0.3, -0.25) is 0 Å². The number of methoxy groups -OCH3 is 2. The Morgan fingerprint density at radius 1 is 1.08 bits per heavy atom. The largest absolute Gasteiger partial charge is 0.493 e. The van der Waals surface area contributed by atoms with Crippen LogP contribution >= 0.6 is 0 Å². The van der Waals surface area contributed by atoms with E-state index in [1.54, 1.807) is 38.5 Å². The number of benzene rings is 2. The first-order valence-corrected chi connectivity index (χ1v) is 7.65. The molecule has 0 unspecified atom stereocenters. The van der Waals surface area contributed by atoms with Gasteiger partial charge in [0.15, 0.2) is 18.1 Å². The molecule has 0 bridgehead atoms. The van der Waals surface area contributed by atoms with Gasteiger partial charge >= 0.3 is 0 Å². The molecule has 0 N–H and O–H groups in total. The molecule has 0 amide bonds. The number of rotatable bonds is 7. The maximum atomic E-state index is 12.9. The molecule has 0 aliphatic rings. The standard InChI is InChI=1S/C18H16FN3O4/c1-23-15-8-3-12(9-16(15)24-2)10-20-25-11-17-21-18(22-26-17)13-4-6-14(19)7-5-13/h3-10H,11H2,1-2H3/b20-10-. The van der Waals surface area contributed by atoms with Crippen molar-refractivity contribution in [2.45, 2.75) is 6.61 Å². The number of aromatic nitrogens is 2. The Kier molecular flexibility index (Phi) is 5.43. The van der Waals surface area contributed by atoms with E-state index in [0.29, 0.717) is 22.9 Å². The molecule has 3 rings (SSSR count). The first kappa shape index (κ1) is 17.4. The van der Waals surface area contributed by atoms with E-state index in [4.69, 9.17) is 18.8 Å². The van der Waals surface area contributed by atoms with Crippen LogP contribution in [0.2, 0.25) is 0 Å². The smallest absolute Gasteiger partial charge is 0.267 e. The van der Waals surface area contributed by atoms with Gasteiger partial charge in [0.2, 0.25) is 5.82 Å². The average Bonchev–Trinajstić information content (AvgIpc) is 3.14. The average molecular weight is 357 g/mol. The van der Waals surface area contributed by atoms with E-state index in [-0.39, 0.29) is 18.3 Å². The van der Waals surface area contributed by atoms with Gasteiger partial charge < -0.3 is 18.8 Å². The molecule has 1 aromatic heterocycles. The van der Waals surface area contributed by atoms with Gasteiger partial charge in [0.05, 0.1) is 20.4 Å². The Balaban J connectivity index is 1.58. The molecule has 134 valence electrons. The third-order valence-electron chi connectivity index (χ3n) is 3.44. The Bertz CT molecular complexity index is 894. The molecule has 1 heterocycles. The van der Waals surface area contributed by atoms with E-state index in [0.717, 1.165) is 5.56 Å². The van der Waals surface area contributed by atoms with Crippen LogP contribution in [0, 0.1) is 5.82 Å². The van der Waals surface area contributed by atoms with Gasteiger partial charge in [0, 0.05) is 11.1 Å². The van der Waals surface area contributed by atoms with Crippen molar-refractivity contribution in [2.75, 3.05) is 14.2 Å². The topological polar surface area (TPSA) is 79.0 Å². The van der Waals surface area contributed by atoms with Gasteiger partial charge in [0.25, 0.3) is 5.89 Å². The fraction of sp³-hybridized carbons (Fsp3) is 0.167. The molecule has 2 aromatic carbocycles. The second-order valence-electron chi connectivity index (χ2n) is 5.14. The van der Waals surface area contributed by atoms with Crippen molar-refractivity contribution < 1.29 is 23.2 Å². The lowest BCUT2D eigenvalue weighted by Crippen LogP contribution is -1.93. The lowest BCUT2D eigenvalue weighted by atomic mass is 10.2. The number of nitrogens with zero attached hydrogens (tertiary/aromatic N) is 3. The zero-order valence-corrected chi connectivity index (χ0v) is 14.2. The molecule has 0 radical (unpaired) electrons. The van der Waals surface area contributed by atoms with Crippen molar-refractivity contribution in [2.24, 2.45) is 5.16 Å². The van der Waals surface area contributed by atoms with E-state index in [2.05, 4.69) is 15.3 Å². The summed E-state index contributed by atoms with van der Waals surface area (Å²) in [6.45, 7) is 0.0119. The van der Waals surface area contributed by atoms with Gasteiger partial charge in [0.1, 0.15) is 5.82 Å². The van der Waals surface area contributed by atoms with Gasteiger partial charge in [-0.1, -0.05) is 10.3 Å². The molecule has 0 saturated heterocycles. The van der Waals surface area contributed by atoms with Crippen molar-refractivity contribution in [1.29, 1.82) is 0 Å². The van der Waals surface area contributed by atoms with Crippen LogP contribution < -0.4 is 9.47 Å². The maximum Gasteiger partial charge on any atom is 0.267 e. The van der Waals surface area contributed by atoms with Crippen LogP contribution in [0.25, 0.3) is 11.4 Å². The summed E-state index contributed by atoms with van der Waals surface area (Å²) in [6.07, 6.45) is 1.53. The fourth-order valence-corrected chi connectivity index (χ4v) is 2.15. The molecule has 8 heteroatoms. The summed E-state index contributed by atoms with van der Waals surface area (Å²) < 4.78 is 28.4. The number of ether oxygens (including phenoxy) is 2. The van der Waals surface area contributed by atoms with Gasteiger partial charge in [-0.05, 0) is 42.5 Å². The molecule has 0 spiro atoms. The first-order valence-electron chi connectivity index (χ1n) is 7.65. The quantitative estimate of drug-likeness (QED) is 0.476. The van der Waals surface area contributed by atoms with Crippen molar-refractivity contribution in [1.82, 2.24) is 10.1 Å². The lowest BCUT2D eigenvalue weighted by molar-refractivity contribution is 0.107. The summed E-state index contributed by atoms with van der Waals surface area (Å²) in [5.41, 5.74) is 1.43. The van der Waals surface area contributed by atoms with Crippen LogP contribution in [-0.2, 0) is 11.4 Å². The highest BCUT2D eigenvalue weighted by molar-refractivity contribution is 5.80. The molecule has 0 aliphatic heterocycles. The molecule has 26 heavy (non-hydrogen) atoms. The summed E-state index contributed by atoms with van der Waals surface area (Å²) in [6, 6.07) is 11.1. The summed E-state index contributed by atoms with van der Waals surface area (Å²) in [5.74, 6) is 1.51. The molecular formula is C18H16FN3O4. The number of hydrogen-bond acceptors (Lipinski definition) is 7. The first-order chi connectivity index (χ1) is 12.7. The minimum Gasteiger partial charge on any atom is -0.493 e. The highest BCUT2D eigenvalue weighted by Crippen LogP contribution is 2.26. The fourth-order valence-electron chi connectivity index (χ4n) is 2.15. The molecule has 0 saturated carbocycles. The van der Waals surface area contributed by atoms with E-state index in [1.165, 1.54) is 18.3 Å². The number of hydrogen-bond donors (Lipinski definition) is 0. The maximum absolute atomic E-state index is 12.9. The van der Waals surface area contributed by atoms with Crippen LogP contribution in [0.4, 0.5) is 4.39 Å². The van der Waals surface area contributed by atoms with Crippen LogP contribution in [-0.4, -0.2) is 30.6 Å². The van der Waals surface area contributed by atoms with Gasteiger partial charge in [-0.2, -0.15) is 4.98 Å². The second-order valence-corrected chi connectivity index (χ2v) is 5.14. The molecule has 3 aromatic rings. The van der Waals surface area contributed by atoms with Crippen molar-refractivity contribution >= 4 is 6.21 Å². The van der Waals surface area contributed by atoms with Gasteiger partial charge in [-0.25, -0.2) is 4.39 Å². The minimum absolute atomic E-state index is 0.0119. The summed E-state index contributed by atoms with van der Waals surface area (Å²) in [4.78, 5) is 9.33. The van der Waals surface area contributed by atoms with Crippen molar-refractivity contribution in [3.8, 4) is 22.9 Å². The molecule has 0 aliphatic carbocycles. The Hall–Kier alpha value is -3.42. The molecule has 7 nitrogen and oxygen atoms in total. The van der Waals surface area contributed by atoms with E-state index < -0.39 is 0 Å². The highest BCUT2D eigenvalue weighted by atomic mass is 19.1. The summed E-state index contributed by atoms with van der Waals surface area (Å²) in [5, 5.41) is 7.69. The second kappa shape index (κ2) is 8.11. The van der Waals surface area contributed by atoms with Crippen LogP contribution in [0.1, 0.15) is 11.5 Å². The predicted molar refractivity (Wildman–Crippen MR) is 91.6 cm³/mol. The lowest BCUT2D eigenvalue weighted by Gasteiger charge is -2.07. The summed E-state index contributed by atoms with van der Waals surface area (Å²) >= 11 is 0. The monoisotopic (exact) mass is 357 g/mol. The number of oxime groups is 1. The van der Waals surface area contributed by atoms with Crippen molar-refractivity contribution in [3.05, 3.63) is 59.7 Å². The van der Waals surface area contributed by atoms with E-state index >= 15 is 0 Å². The van der Waals surface area contributed by atoms with Crippen LogP contribution in [0.15, 0.2) is 52.1 Å². The Morgan fingerprint density at radius 3 is 2.58 bits per heavy atom. The van der Waals surface area contributed by atoms with Crippen LogP contribution in [0.3, 0.4) is 0 Å².